The molecule has 0 aliphatic carbocycles. The molecule has 4 rings (SSSR count). The van der Waals surface area contributed by atoms with E-state index in [2.05, 4.69) is 5.32 Å². The number of aromatic hydroxyl groups is 1. The van der Waals surface area contributed by atoms with E-state index in [1.165, 1.54) is 21.9 Å². The SMILES string of the molecule is O=C1N[C@@H](Cc2ccc(O)cc2)C(=O)N2CCN(C(=O)c3cc(F)cc(F)c3)C[C@H]12. The van der Waals surface area contributed by atoms with Crippen molar-refractivity contribution in [2.45, 2.75) is 18.5 Å². The summed E-state index contributed by atoms with van der Waals surface area (Å²) in [5.74, 6) is -2.85. The average molecular weight is 415 g/mol. The van der Waals surface area contributed by atoms with Gasteiger partial charge >= 0.3 is 0 Å². The van der Waals surface area contributed by atoms with Gasteiger partial charge in [0.1, 0.15) is 29.5 Å². The molecule has 156 valence electrons. The highest BCUT2D eigenvalue weighted by Crippen LogP contribution is 2.21. The van der Waals surface area contributed by atoms with Gasteiger partial charge in [0.2, 0.25) is 11.8 Å². The number of phenolic OH excluding ortho intramolecular Hbond substituents is 1. The second kappa shape index (κ2) is 7.74. The lowest BCUT2D eigenvalue weighted by molar-refractivity contribution is -0.152. The van der Waals surface area contributed by atoms with E-state index in [1.54, 1.807) is 12.1 Å². The number of carbonyl (C=O) groups is 3. The first-order valence-corrected chi connectivity index (χ1v) is 9.46. The van der Waals surface area contributed by atoms with Crippen LogP contribution in [0.1, 0.15) is 15.9 Å². The van der Waals surface area contributed by atoms with Crippen molar-refractivity contribution in [3.63, 3.8) is 0 Å². The fourth-order valence-electron chi connectivity index (χ4n) is 3.85. The van der Waals surface area contributed by atoms with Crippen LogP contribution in [0.3, 0.4) is 0 Å². The van der Waals surface area contributed by atoms with Gasteiger partial charge in [-0.05, 0) is 29.8 Å². The number of nitrogens with zero attached hydrogens (tertiary/aromatic N) is 2. The molecule has 2 aliphatic heterocycles. The summed E-state index contributed by atoms with van der Waals surface area (Å²) in [5, 5.41) is 12.1. The van der Waals surface area contributed by atoms with Gasteiger partial charge in [0.05, 0.1) is 6.54 Å². The third-order valence-electron chi connectivity index (χ3n) is 5.35. The van der Waals surface area contributed by atoms with E-state index >= 15 is 0 Å². The Kier molecular flexibility index (Phi) is 5.11. The van der Waals surface area contributed by atoms with Crippen LogP contribution in [0.25, 0.3) is 0 Å². The molecule has 0 aromatic heterocycles. The number of nitrogens with one attached hydrogen (secondary N) is 1. The molecule has 2 aromatic rings. The number of rotatable bonds is 3. The molecule has 0 saturated carbocycles. The second-order valence-corrected chi connectivity index (χ2v) is 7.39. The van der Waals surface area contributed by atoms with Crippen LogP contribution in [0.5, 0.6) is 5.75 Å². The zero-order valence-corrected chi connectivity index (χ0v) is 15.8. The summed E-state index contributed by atoms with van der Waals surface area (Å²) in [4.78, 5) is 40.9. The Labute approximate surface area is 170 Å². The molecule has 2 heterocycles. The number of phenols is 1. The molecule has 2 N–H and O–H groups in total. The van der Waals surface area contributed by atoms with Crippen molar-refractivity contribution in [2.24, 2.45) is 0 Å². The van der Waals surface area contributed by atoms with Gasteiger partial charge in [-0.25, -0.2) is 8.78 Å². The van der Waals surface area contributed by atoms with Crippen LogP contribution >= 0.6 is 0 Å². The molecule has 0 radical (unpaired) electrons. The molecule has 2 saturated heterocycles. The van der Waals surface area contributed by atoms with E-state index in [1.807, 2.05) is 0 Å². The lowest BCUT2D eigenvalue weighted by Crippen LogP contribution is -2.70. The maximum Gasteiger partial charge on any atom is 0.254 e. The molecular formula is C21H19F2N3O4. The topological polar surface area (TPSA) is 89.9 Å². The lowest BCUT2D eigenvalue weighted by atomic mass is 9.98. The van der Waals surface area contributed by atoms with Crippen molar-refractivity contribution in [3.8, 4) is 5.75 Å². The number of halogens is 2. The Morgan fingerprint density at radius 1 is 1.07 bits per heavy atom. The average Bonchev–Trinajstić information content (AvgIpc) is 2.72. The highest BCUT2D eigenvalue weighted by atomic mass is 19.1. The molecule has 3 amide bonds. The first-order valence-electron chi connectivity index (χ1n) is 9.46. The van der Waals surface area contributed by atoms with Gasteiger partial charge in [-0.2, -0.15) is 0 Å². The van der Waals surface area contributed by atoms with Crippen LogP contribution in [0.4, 0.5) is 8.78 Å². The van der Waals surface area contributed by atoms with Gasteiger partial charge in [-0.3, -0.25) is 14.4 Å². The van der Waals surface area contributed by atoms with Crippen LogP contribution in [0, 0.1) is 11.6 Å². The van der Waals surface area contributed by atoms with E-state index in [-0.39, 0.29) is 49.2 Å². The molecule has 2 aliphatic rings. The summed E-state index contributed by atoms with van der Waals surface area (Å²) in [7, 11) is 0. The summed E-state index contributed by atoms with van der Waals surface area (Å²) in [6, 6.07) is 7.33. The van der Waals surface area contributed by atoms with Gasteiger partial charge in [-0.1, -0.05) is 12.1 Å². The van der Waals surface area contributed by atoms with Gasteiger partial charge in [0, 0.05) is 31.1 Å². The van der Waals surface area contributed by atoms with Crippen LogP contribution in [-0.2, 0) is 16.0 Å². The van der Waals surface area contributed by atoms with E-state index in [9.17, 15) is 28.3 Å². The summed E-state index contributed by atoms with van der Waals surface area (Å²) >= 11 is 0. The number of fused-ring (bicyclic) bond motifs is 1. The van der Waals surface area contributed by atoms with Crippen LogP contribution in [-0.4, -0.2) is 64.3 Å². The third kappa shape index (κ3) is 3.83. The number of carbonyl (C=O) groups excluding carboxylic acids is 3. The van der Waals surface area contributed by atoms with Gasteiger partial charge in [-0.15, -0.1) is 0 Å². The maximum atomic E-state index is 13.4. The minimum Gasteiger partial charge on any atom is -0.508 e. The van der Waals surface area contributed by atoms with E-state index < -0.39 is 29.6 Å². The minimum atomic E-state index is -0.861. The van der Waals surface area contributed by atoms with E-state index in [0.29, 0.717) is 6.07 Å². The Bertz CT molecular complexity index is 992. The van der Waals surface area contributed by atoms with Crippen LogP contribution in [0.15, 0.2) is 42.5 Å². The van der Waals surface area contributed by atoms with Crippen molar-refractivity contribution in [1.29, 1.82) is 0 Å². The summed E-state index contributed by atoms with van der Waals surface area (Å²) < 4.78 is 26.9. The Balaban J connectivity index is 1.46. The van der Waals surface area contributed by atoms with Crippen molar-refractivity contribution in [1.82, 2.24) is 15.1 Å². The number of amides is 3. The predicted molar refractivity (Wildman–Crippen MR) is 102 cm³/mol. The highest BCUT2D eigenvalue weighted by Gasteiger charge is 2.44. The van der Waals surface area contributed by atoms with Crippen molar-refractivity contribution >= 4 is 17.7 Å². The second-order valence-electron chi connectivity index (χ2n) is 7.39. The van der Waals surface area contributed by atoms with Crippen molar-refractivity contribution < 1.29 is 28.3 Å². The van der Waals surface area contributed by atoms with Crippen LogP contribution in [0.2, 0.25) is 0 Å². The largest absolute Gasteiger partial charge is 0.508 e. The summed E-state index contributed by atoms with van der Waals surface area (Å²) in [6.07, 6.45) is 0.277. The fourth-order valence-corrected chi connectivity index (χ4v) is 3.85. The molecule has 30 heavy (non-hydrogen) atoms. The molecule has 0 bridgehead atoms. The smallest absolute Gasteiger partial charge is 0.254 e. The Morgan fingerprint density at radius 3 is 2.40 bits per heavy atom. The zero-order valence-electron chi connectivity index (χ0n) is 15.8. The van der Waals surface area contributed by atoms with Gasteiger partial charge < -0.3 is 20.2 Å². The molecule has 9 heteroatoms. The van der Waals surface area contributed by atoms with E-state index in [4.69, 9.17) is 0 Å². The normalized spacial score (nSPS) is 21.3. The van der Waals surface area contributed by atoms with Gasteiger partial charge in [0.25, 0.3) is 5.91 Å². The lowest BCUT2D eigenvalue weighted by Gasteiger charge is -2.45. The molecule has 2 aromatic carbocycles. The predicted octanol–water partition coefficient (Wildman–Crippen LogP) is 1.06. The maximum absolute atomic E-state index is 13.4. The summed E-state index contributed by atoms with van der Waals surface area (Å²) in [5.41, 5.74) is 0.639. The van der Waals surface area contributed by atoms with Gasteiger partial charge in [0.15, 0.2) is 0 Å². The molecule has 2 atom stereocenters. The van der Waals surface area contributed by atoms with Crippen molar-refractivity contribution in [3.05, 3.63) is 65.2 Å². The molecular weight excluding hydrogens is 396 g/mol. The number of piperazine rings is 2. The number of benzene rings is 2. The first kappa shape index (κ1) is 19.8. The molecule has 0 spiro atoms. The standard InChI is InChI=1S/C21H19F2N3O4/c22-14-8-13(9-15(23)10-14)20(29)25-5-6-26-18(11-25)19(28)24-17(21(26)30)7-12-1-3-16(27)4-2-12/h1-4,8-10,17-18,27H,5-7,11H2,(H,24,28)/t17-,18+/m0/s1. The zero-order chi connectivity index (χ0) is 21.4. The summed E-state index contributed by atoms with van der Waals surface area (Å²) in [6.45, 7) is 0.241. The highest BCUT2D eigenvalue weighted by molar-refractivity contribution is 5.99. The molecule has 7 nitrogen and oxygen atoms in total. The Morgan fingerprint density at radius 2 is 1.73 bits per heavy atom. The van der Waals surface area contributed by atoms with Crippen molar-refractivity contribution in [2.75, 3.05) is 19.6 Å². The monoisotopic (exact) mass is 415 g/mol. The fraction of sp³-hybridized carbons (Fsp3) is 0.286. The Hall–Kier alpha value is -3.49. The van der Waals surface area contributed by atoms with E-state index in [0.717, 1.165) is 17.7 Å². The van der Waals surface area contributed by atoms with Crippen LogP contribution < -0.4 is 5.32 Å². The number of hydrogen-bond donors (Lipinski definition) is 2. The quantitative estimate of drug-likeness (QED) is 0.785. The molecule has 0 unspecified atom stereocenters. The minimum absolute atomic E-state index is 0.0551. The third-order valence-corrected chi connectivity index (χ3v) is 5.35. The molecule has 2 fully saturated rings. The first-order chi connectivity index (χ1) is 14.3. The number of hydrogen-bond acceptors (Lipinski definition) is 4.